The average Bonchev–Trinajstić information content (AvgIpc) is 3.05. The van der Waals surface area contributed by atoms with Gasteiger partial charge in [0.1, 0.15) is 12.6 Å². The summed E-state index contributed by atoms with van der Waals surface area (Å²) >= 11 is 3.52. The molecule has 242 valence electrons. The normalized spacial score (nSPS) is 12.6. The topological polar surface area (TPSA) is 86.8 Å². The number of para-hydroxylation sites is 1. The van der Waals surface area contributed by atoms with E-state index in [9.17, 15) is 18.0 Å². The predicted octanol–water partition coefficient (Wildman–Crippen LogP) is 7.07. The van der Waals surface area contributed by atoms with Crippen molar-refractivity contribution in [3.8, 4) is 0 Å². The molecule has 1 N–H and O–H groups in total. The number of carbonyl (C=O) groups excluding carboxylic acids is 2. The summed E-state index contributed by atoms with van der Waals surface area (Å²) in [6.45, 7) is 7.38. The van der Waals surface area contributed by atoms with E-state index < -0.39 is 28.5 Å². The van der Waals surface area contributed by atoms with Crippen molar-refractivity contribution in [2.45, 2.75) is 70.5 Å². The van der Waals surface area contributed by atoms with Crippen molar-refractivity contribution in [1.82, 2.24) is 10.2 Å². The lowest BCUT2D eigenvalue weighted by Crippen LogP contribution is -2.54. The van der Waals surface area contributed by atoms with Gasteiger partial charge in [-0.3, -0.25) is 13.9 Å². The molecule has 0 aliphatic rings. The second-order valence-electron chi connectivity index (χ2n) is 11.5. The number of nitrogens with one attached hydrogen (secondary N) is 1. The lowest BCUT2D eigenvalue weighted by molar-refractivity contribution is -0.140. The molecule has 46 heavy (non-hydrogen) atoms. The van der Waals surface area contributed by atoms with Gasteiger partial charge in [0.05, 0.1) is 10.6 Å². The fraction of sp³-hybridized carbons (Fsp3) is 0.297. The van der Waals surface area contributed by atoms with Crippen molar-refractivity contribution >= 4 is 43.5 Å². The summed E-state index contributed by atoms with van der Waals surface area (Å²) in [6, 6.07) is 30.0. The molecular weight excluding hydrogens is 662 g/mol. The number of sulfonamides is 1. The molecule has 2 amide bonds. The predicted molar refractivity (Wildman–Crippen MR) is 188 cm³/mol. The number of amides is 2. The first-order valence-electron chi connectivity index (χ1n) is 15.6. The average molecular weight is 705 g/mol. The van der Waals surface area contributed by atoms with Gasteiger partial charge in [0.15, 0.2) is 0 Å². The summed E-state index contributed by atoms with van der Waals surface area (Å²) in [5.74, 6) is -0.773. The van der Waals surface area contributed by atoms with E-state index in [-0.39, 0.29) is 29.8 Å². The van der Waals surface area contributed by atoms with Gasteiger partial charge in [-0.15, -0.1) is 0 Å². The van der Waals surface area contributed by atoms with Gasteiger partial charge in [0.25, 0.3) is 10.0 Å². The van der Waals surface area contributed by atoms with Gasteiger partial charge in [-0.2, -0.15) is 0 Å². The molecule has 0 aliphatic carbocycles. The van der Waals surface area contributed by atoms with Gasteiger partial charge in [0, 0.05) is 23.5 Å². The zero-order valence-corrected chi connectivity index (χ0v) is 29.2. The van der Waals surface area contributed by atoms with Gasteiger partial charge in [-0.05, 0) is 73.7 Å². The van der Waals surface area contributed by atoms with Crippen molar-refractivity contribution in [3.05, 3.63) is 130 Å². The SMILES string of the molecule is CCc1ccccc1N(CC(=O)N(Cc1cccc(Br)c1)[C@@H](Cc1ccccc1)C(=O)N[C@@H](C)CC)S(=O)(=O)c1ccc(C)cc1. The molecule has 4 aromatic carbocycles. The lowest BCUT2D eigenvalue weighted by Gasteiger charge is -2.34. The second kappa shape index (κ2) is 16.1. The molecule has 0 heterocycles. The molecule has 0 fully saturated rings. The number of rotatable bonds is 14. The Bertz CT molecular complexity index is 1730. The standard InChI is InChI=1S/C37H42BrN3O4S/c1-5-28(4)39-37(43)35(24-29-13-8-7-9-14-29)40(25-30-15-12-17-32(38)23-30)36(42)26-41(34-18-11-10-16-31(34)6-2)46(44,45)33-21-19-27(3)20-22-33/h7-23,28,35H,5-6,24-26H2,1-4H3,(H,39,43)/t28-,35-/m0/s1. The van der Waals surface area contributed by atoms with Crippen LogP contribution in [0.2, 0.25) is 0 Å². The molecule has 4 aromatic rings. The number of aryl methyl sites for hydroxylation is 2. The Balaban J connectivity index is 1.84. The van der Waals surface area contributed by atoms with Crippen LogP contribution in [0.25, 0.3) is 0 Å². The molecule has 9 heteroatoms. The molecule has 0 saturated heterocycles. The zero-order chi connectivity index (χ0) is 33.3. The highest BCUT2D eigenvalue weighted by atomic mass is 79.9. The number of carbonyl (C=O) groups is 2. The van der Waals surface area contributed by atoms with E-state index >= 15 is 0 Å². The molecule has 0 spiro atoms. The lowest BCUT2D eigenvalue weighted by atomic mass is 10.0. The highest BCUT2D eigenvalue weighted by Crippen LogP contribution is 2.29. The van der Waals surface area contributed by atoms with E-state index in [1.165, 1.54) is 9.21 Å². The van der Waals surface area contributed by atoms with Gasteiger partial charge in [-0.25, -0.2) is 8.42 Å². The molecule has 0 bridgehead atoms. The van der Waals surface area contributed by atoms with Crippen LogP contribution in [0.15, 0.2) is 112 Å². The van der Waals surface area contributed by atoms with Crippen LogP contribution < -0.4 is 9.62 Å². The number of nitrogens with zero attached hydrogens (tertiary/aromatic N) is 2. The van der Waals surface area contributed by atoms with Crippen LogP contribution in [0.4, 0.5) is 5.69 Å². The van der Waals surface area contributed by atoms with Gasteiger partial charge >= 0.3 is 0 Å². The van der Waals surface area contributed by atoms with Crippen molar-refractivity contribution in [1.29, 1.82) is 0 Å². The van der Waals surface area contributed by atoms with Crippen LogP contribution >= 0.6 is 15.9 Å². The molecule has 7 nitrogen and oxygen atoms in total. The van der Waals surface area contributed by atoms with E-state index in [2.05, 4.69) is 21.2 Å². The molecule has 0 saturated carbocycles. The maximum atomic E-state index is 14.7. The van der Waals surface area contributed by atoms with Gasteiger partial charge in [0.2, 0.25) is 11.8 Å². The molecule has 0 unspecified atom stereocenters. The number of benzene rings is 4. The maximum absolute atomic E-state index is 14.7. The first-order valence-corrected chi connectivity index (χ1v) is 17.8. The Morgan fingerprint density at radius 3 is 2.15 bits per heavy atom. The summed E-state index contributed by atoms with van der Waals surface area (Å²) in [6.07, 6.45) is 1.55. The molecule has 0 aromatic heterocycles. The Morgan fingerprint density at radius 1 is 0.848 bits per heavy atom. The smallest absolute Gasteiger partial charge is 0.264 e. The molecule has 2 atom stereocenters. The van der Waals surface area contributed by atoms with Crippen molar-refractivity contribution in [2.24, 2.45) is 0 Å². The van der Waals surface area contributed by atoms with Crippen LogP contribution in [-0.4, -0.2) is 43.8 Å². The third-order valence-corrected chi connectivity index (χ3v) is 10.3. The summed E-state index contributed by atoms with van der Waals surface area (Å²) in [4.78, 5) is 30.3. The summed E-state index contributed by atoms with van der Waals surface area (Å²) in [7, 11) is -4.16. The van der Waals surface area contributed by atoms with E-state index in [4.69, 9.17) is 0 Å². The highest BCUT2D eigenvalue weighted by Gasteiger charge is 2.35. The van der Waals surface area contributed by atoms with Gasteiger partial charge < -0.3 is 10.2 Å². The van der Waals surface area contributed by atoms with E-state index in [0.29, 0.717) is 12.1 Å². The minimum atomic E-state index is -4.16. The Morgan fingerprint density at radius 2 is 1.50 bits per heavy atom. The number of hydrogen-bond donors (Lipinski definition) is 1. The zero-order valence-electron chi connectivity index (χ0n) is 26.8. The van der Waals surface area contributed by atoms with Crippen molar-refractivity contribution in [3.63, 3.8) is 0 Å². The maximum Gasteiger partial charge on any atom is 0.264 e. The number of halogens is 1. The second-order valence-corrected chi connectivity index (χ2v) is 14.3. The number of anilines is 1. The largest absolute Gasteiger partial charge is 0.352 e. The van der Waals surface area contributed by atoms with E-state index in [1.54, 1.807) is 36.4 Å². The monoisotopic (exact) mass is 703 g/mol. The molecule has 0 aliphatic heterocycles. The summed E-state index contributed by atoms with van der Waals surface area (Å²) < 4.78 is 30.7. The van der Waals surface area contributed by atoms with Gasteiger partial charge in [-0.1, -0.05) is 108 Å². The number of hydrogen-bond acceptors (Lipinski definition) is 4. The van der Waals surface area contributed by atoms with Crippen LogP contribution in [0.1, 0.15) is 49.4 Å². The summed E-state index contributed by atoms with van der Waals surface area (Å²) in [5.41, 5.74) is 3.84. The van der Waals surface area contributed by atoms with Crippen molar-refractivity contribution in [2.75, 3.05) is 10.8 Å². The third kappa shape index (κ3) is 8.85. The summed E-state index contributed by atoms with van der Waals surface area (Å²) in [5, 5.41) is 3.07. The molecular formula is C37H42BrN3O4S. The first-order chi connectivity index (χ1) is 22.0. The van der Waals surface area contributed by atoms with Crippen molar-refractivity contribution < 1.29 is 18.0 Å². The highest BCUT2D eigenvalue weighted by molar-refractivity contribution is 9.10. The van der Waals surface area contributed by atoms with E-state index in [1.807, 2.05) is 94.4 Å². The molecule has 0 radical (unpaired) electrons. The minimum Gasteiger partial charge on any atom is -0.352 e. The Kier molecular flexibility index (Phi) is 12.2. The molecule has 4 rings (SSSR count). The van der Waals surface area contributed by atoms with Crippen LogP contribution in [0, 0.1) is 6.92 Å². The Labute approximate surface area is 281 Å². The van der Waals surface area contributed by atoms with Crippen LogP contribution in [0.5, 0.6) is 0 Å². The van der Waals surface area contributed by atoms with Crippen LogP contribution in [-0.2, 0) is 39.0 Å². The third-order valence-electron chi connectivity index (χ3n) is 8.04. The van der Waals surface area contributed by atoms with Crippen LogP contribution in [0.3, 0.4) is 0 Å². The Hall–Kier alpha value is -3.95. The fourth-order valence-corrected chi connectivity index (χ4v) is 7.13. The minimum absolute atomic E-state index is 0.0886. The van der Waals surface area contributed by atoms with E-state index in [0.717, 1.165) is 33.1 Å². The fourth-order valence-electron chi connectivity index (χ4n) is 5.23. The quantitative estimate of drug-likeness (QED) is 0.152. The first kappa shape index (κ1) is 34.9.